The van der Waals surface area contributed by atoms with Crippen molar-refractivity contribution in [1.29, 1.82) is 0 Å². The van der Waals surface area contributed by atoms with E-state index in [-0.39, 0.29) is 6.10 Å². The van der Waals surface area contributed by atoms with Gasteiger partial charge in [0.25, 0.3) is 0 Å². The molecule has 0 saturated carbocycles. The third-order valence-corrected chi connectivity index (χ3v) is 2.64. The lowest BCUT2D eigenvalue weighted by Gasteiger charge is -2.13. The van der Waals surface area contributed by atoms with E-state index in [0.717, 1.165) is 17.6 Å². The molecule has 0 amide bonds. The van der Waals surface area contributed by atoms with E-state index in [9.17, 15) is 0 Å². The molecular formula is C13H18BrNO. The van der Waals surface area contributed by atoms with E-state index in [1.165, 1.54) is 5.56 Å². The Bertz CT molecular complexity index is 327. The van der Waals surface area contributed by atoms with Crippen LogP contribution in [0.15, 0.2) is 41.4 Å². The highest BCUT2D eigenvalue weighted by atomic mass is 79.9. The first-order chi connectivity index (χ1) is 7.72. The zero-order valence-electron chi connectivity index (χ0n) is 9.58. The van der Waals surface area contributed by atoms with Crippen LogP contribution in [0.5, 0.6) is 0 Å². The van der Waals surface area contributed by atoms with E-state index in [2.05, 4.69) is 46.9 Å². The topological polar surface area (TPSA) is 21.3 Å². The summed E-state index contributed by atoms with van der Waals surface area (Å²) < 4.78 is 6.80. The lowest BCUT2D eigenvalue weighted by molar-refractivity contribution is 0.0538. The maximum atomic E-state index is 5.71. The Kier molecular flexibility index (Phi) is 6.38. The molecule has 0 saturated heterocycles. The fourth-order valence-corrected chi connectivity index (χ4v) is 1.76. The predicted molar refractivity (Wildman–Crippen MR) is 71.5 cm³/mol. The first-order valence-corrected chi connectivity index (χ1v) is 6.19. The molecule has 0 bridgehead atoms. The van der Waals surface area contributed by atoms with Gasteiger partial charge in [-0.3, -0.25) is 0 Å². The summed E-state index contributed by atoms with van der Waals surface area (Å²) in [6.45, 7) is 8.04. The quantitative estimate of drug-likeness (QED) is 0.613. The second-order valence-corrected chi connectivity index (χ2v) is 4.61. The summed E-state index contributed by atoms with van der Waals surface area (Å²) >= 11 is 3.44. The van der Waals surface area contributed by atoms with Gasteiger partial charge in [-0.25, -0.2) is 0 Å². The van der Waals surface area contributed by atoms with Crippen LogP contribution in [0.4, 0.5) is 0 Å². The summed E-state index contributed by atoms with van der Waals surface area (Å²) in [6, 6.07) is 8.17. The Morgan fingerprint density at radius 1 is 1.56 bits per heavy atom. The second-order valence-electron chi connectivity index (χ2n) is 3.70. The largest absolute Gasteiger partial charge is 0.373 e. The number of ether oxygens (including phenoxy) is 1. The molecule has 1 aromatic carbocycles. The van der Waals surface area contributed by atoms with Gasteiger partial charge >= 0.3 is 0 Å². The van der Waals surface area contributed by atoms with Crippen molar-refractivity contribution in [3.63, 3.8) is 0 Å². The normalized spacial score (nSPS) is 12.4. The van der Waals surface area contributed by atoms with Gasteiger partial charge < -0.3 is 10.1 Å². The smallest absolute Gasteiger partial charge is 0.0721 e. The fraction of sp³-hybridized carbons (Fsp3) is 0.385. The lowest BCUT2D eigenvalue weighted by Crippen LogP contribution is -2.26. The van der Waals surface area contributed by atoms with Crippen LogP contribution in [0.1, 0.15) is 12.5 Å². The van der Waals surface area contributed by atoms with Gasteiger partial charge in [-0.2, -0.15) is 0 Å². The van der Waals surface area contributed by atoms with Gasteiger partial charge in [0.1, 0.15) is 0 Å². The number of hydrogen-bond donors (Lipinski definition) is 1. The van der Waals surface area contributed by atoms with Crippen LogP contribution in [0.3, 0.4) is 0 Å². The van der Waals surface area contributed by atoms with Crippen LogP contribution >= 0.6 is 15.9 Å². The molecule has 0 fully saturated rings. The maximum Gasteiger partial charge on any atom is 0.0721 e. The molecule has 0 spiro atoms. The third kappa shape index (κ3) is 5.45. The van der Waals surface area contributed by atoms with Crippen molar-refractivity contribution in [1.82, 2.24) is 5.32 Å². The van der Waals surface area contributed by atoms with Gasteiger partial charge in [-0.1, -0.05) is 34.1 Å². The Morgan fingerprint density at radius 3 is 3.06 bits per heavy atom. The van der Waals surface area contributed by atoms with E-state index in [1.54, 1.807) is 0 Å². The monoisotopic (exact) mass is 283 g/mol. The SMILES string of the molecule is C=CCNCC(C)OCc1cccc(Br)c1. The summed E-state index contributed by atoms with van der Waals surface area (Å²) in [4.78, 5) is 0. The lowest BCUT2D eigenvalue weighted by atomic mass is 10.2. The van der Waals surface area contributed by atoms with Crippen LogP contribution in [0.25, 0.3) is 0 Å². The van der Waals surface area contributed by atoms with Gasteiger partial charge in [0.15, 0.2) is 0 Å². The van der Waals surface area contributed by atoms with Gasteiger partial charge in [-0.05, 0) is 24.6 Å². The molecule has 3 heteroatoms. The van der Waals surface area contributed by atoms with Crippen molar-refractivity contribution in [3.05, 3.63) is 47.0 Å². The van der Waals surface area contributed by atoms with E-state index < -0.39 is 0 Å². The minimum Gasteiger partial charge on any atom is -0.373 e. The van der Waals surface area contributed by atoms with Crippen molar-refractivity contribution in [2.75, 3.05) is 13.1 Å². The van der Waals surface area contributed by atoms with Crippen LogP contribution < -0.4 is 5.32 Å². The molecular weight excluding hydrogens is 266 g/mol. The summed E-state index contributed by atoms with van der Waals surface area (Å²) in [5.74, 6) is 0. The predicted octanol–water partition coefficient (Wildman–Crippen LogP) is 3.13. The Morgan fingerprint density at radius 2 is 2.38 bits per heavy atom. The number of rotatable bonds is 7. The van der Waals surface area contributed by atoms with E-state index >= 15 is 0 Å². The summed E-state index contributed by atoms with van der Waals surface area (Å²) in [6.07, 6.45) is 2.06. The molecule has 0 aromatic heterocycles. The first-order valence-electron chi connectivity index (χ1n) is 5.40. The molecule has 0 aliphatic carbocycles. The van der Waals surface area contributed by atoms with E-state index in [1.807, 2.05) is 18.2 Å². The van der Waals surface area contributed by atoms with Crippen molar-refractivity contribution in [2.45, 2.75) is 19.6 Å². The molecule has 1 N–H and O–H groups in total. The number of halogens is 1. The first kappa shape index (κ1) is 13.4. The zero-order valence-corrected chi connectivity index (χ0v) is 11.2. The average Bonchev–Trinajstić information content (AvgIpc) is 2.27. The third-order valence-electron chi connectivity index (χ3n) is 2.14. The fourth-order valence-electron chi connectivity index (χ4n) is 1.31. The van der Waals surface area contributed by atoms with Gasteiger partial charge in [0, 0.05) is 17.6 Å². The summed E-state index contributed by atoms with van der Waals surface area (Å²) in [5, 5.41) is 3.23. The Hall–Kier alpha value is -0.640. The van der Waals surface area contributed by atoms with Crippen molar-refractivity contribution < 1.29 is 4.74 Å². The molecule has 0 radical (unpaired) electrons. The highest BCUT2D eigenvalue weighted by molar-refractivity contribution is 9.10. The number of hydrogen-bond acceptors (Lipinski definition) is 2. The number of nitrogens with one attached hydrogen (secondary N) is 1. The molecule has 1 unspecified atom stereocenters. The maximum absolute atomic E-state index is 5.71. The molecule has 0 aliphatic heterocycles. The van der Waals surface area contributed by atoms with Gasteiger partial charge in [0.2, 0.25) is 0 Å². The molecule has 0 heterocycles. The highest BCUT2D eigenvalue weighted by Gasteiger charge is 2.01. The van der Waals surface area contributed by atoms with Crippen LogP contribution in [0.2, 0.25) is 0 Å². The zero-order chi connectivity index (χ0) is 11.8. The molecule has 0 aliphatic rings. The highest BCUT2D eigenvalue weighted by Crippen LogP contribution is 2.12. The van der Waals surface area contributed by atoms with Crippen molar-refractivity contribution in [3.8, 4) is 0 Å². The summed E-state index contributed by atoms with van der Waals surface area (Å²) in [7, 11) is 0. The second kappa shape index (κ2) is 7.60. The minimum absolute atomic E-state index is 0.207. The molecule has 16 heavy (non-hydrogen) atoms. The standard InChI is InChI=1S/C13H18BrNO/c1-3-7-15-9-11(2)16-10-12-5-4-6-13(14)8-12/h3-6,8,11,15H,1,7,9-10H2,2H3. The van der Waals surface area contributed by atoms with Gasteiger partial charge in [-0.15, -0.1) is 6.58 Å². The van der Waals surface area contributed by atoms with E-state index in [0.29, 0.717) is 6.61 Å². The van der Waals surface area contributed by atoms with Crippen LogP contribution in [-0.2, 0) is 11.3 Å². The molecule has 2 nitrogen and oxygen atoms in total. The molecule has 1 aromatic rings. The van der Waals surface area contributed by atoms with E-state index in [4.69, 9.17) is 4.74 Å². The van der Waals surface area contributed by atoms with Gasteiger partial charge in [0.05, 0.1) is 12.7 Å². The van der Waals surface area contributed by atoms with Crippen molar-refractivity contribution >= 4 is 15.9 Å². The Labute approximate surface area is 106 Å². The number of benzene rings is 1. The average molecular weight is 284 g/mol. The molecule has 1 atom stereocenters. The molecule has 88 valence electrons. The van der Waals surface area contributed by atoms with Crippen molar-refractivity contribution in [2.24, 2.45) is 0 Å². The molecule has 1 rings (SSSR count). The van der Waals surface area contributed by atoms with Crippen LogP contribution in [-0.4, -0.2) is 19.2 Å². The van der Waals surface area contributed by atoms with Crippen LogP contribution in [0, 0.1) is 0 Å². The minimum atomic E-state index is 0.207. The Balaban J connectivity index is 2.25. The summed E-state index contributed by atoms with van der Waals surface area (Å²) in [5.41, 5.74) is 1.19.